The number of hydrogen-bond donors (Lipinski definition) is 2. The first-order valence-electron chi connectivity index (χ1n) is 9.84. The van der Waals surface area contributed by atoms with Crippen LogP contribution in [0.1, 0.15) is 36.5 Å². The maximum atomic E-state index is 12.1. The SMILES string of the molecule is CCCCCNc1cc(-c2ccccc2)nc(Nc2ccccc2C(=O)OC)n1. The average Bonchev–Trinajstić information content (AvgIpc) is 2.77. The van der Waals surface area contributed by atoms with E-state index >= 15 is 0 Å². The molecule has 0 saturated carbocycles. The molecule has 0 aliphatic rings. The number of anilines is 3. The topological polar surface area (TPSA) is 76.1 Å². The van der Waals surface area contributed by atoms with Crippen molar-refractivity contribution in [3.05, 3.63) is 66.2 Å². The maximum Gasteiger partial charge on any atom is 0.339 e. The lowest BCUT2D eigenvalue weighted by Crippen LogP contribution is -2.09. The lowest BCUT2D eigenvalue weighted by Gasteiger charge is -2.13. The molecule has 0 spiro atoms. The average molecular weight is 390 g/mol. The molecule has 2 aromatic carbocycles. The summed E-state index contributed by atoms with van der Waals surface area (Å²) >= 11 is 0. The van der Waals surface area contributed by atoms with Crippen molar-refractivity contribution in [3.8, 4) is 11.3 Å². The minimum absolute atomic E-state index is 0.412. The quantitative estimate of drug-likeness (QED) is 0.383. The Hall–Kier alpha value is -3.41. The lowest BCUT2D eigenvalue weighted by atomic mass is 10.1. The summed E-state index contributed by atoms with van der Waals surface area (Å²) in [5.41, 5.74) is 2.83. The summed E-state index contributed by atoms with van der Waals surface area (Å²) in [6, 6.07) is 19.0. The van der Waals surface area contributed by atoms with E-state index < -0.39 is 5.97 Å². The highest BCUT2D eigenvalue weighted by molar-refractivity contribution is 5.96. The second-order valence-electron chi connectivity index (χ2n) is 6.62. The Morgan fingerprint density at radius 2 is 1.76 bits per heavy atom. The van der Waals surface area contributed by atoms with Gasteiger partial charge in [0, 0.05) is 18.2 Å². The second kappa shape index (κ2) is 10.2. The van der Waals surface area contributed by atoms with Gasteiger partial charge in [0.1, 0.15) is 5.82 Å². The number of unbranched alkanes of at least 4 members (excludes halogenated alkanes) is 2. The Kier molecular flexibility index (Phi) is 7.16. The number of nitrogens with one attached hydrogen (secondary N) is 2. The summed E-state index contributed by atoms with van der Waals surface area (Å²) in [6.45, 7) is 3.02. The molecule has 2 N–H and O–H groups in total. The minimum atomic E-state index is -0.412. The first kappa shape index (κ1) is 20.3. The summed E-state index contributed by atoms with van der Waals surface area (Å²) < 4.78 is 4.88. The Labute approximate surface area is 171 Å². The first-order valence-corrected chi connectivity index (χ1v) is 9.84. The van der Waals surface area contributed by atoms with E-state index in [1.807, 2.05) is 42.5 Å². The van der Waals surface area contributed by atoms with Gasteiger partial charge in [0.15, 0.2) is 0 Å². The fourth-order valence-corrected chi connectivity index (χ4v) is 2.94. The number of hydrogen-bond acceptors (Lipinski definition) is 6. The van der Waals surface area contributed by atoms with Crippen LogP contribution in [0.4, 0.5) is 17.5 Å². The van der Waals surface area contributed by atoms with Gasteiger partial charge in [-0.15, -0.1) is 0 Å². The van der Waals surface area contributed by atoms with E-state index in [1.54, 1.807) is 18.2 Å². The highest BCUT2D eigenvalue weighted by Crippen LogP contribution is 2.25. The Balaban J connectivity index is 1.92. The van der Waals surface area contributed by atoms with E-state index in [0.717, 1.165) is 36.5 Å². The molecule has 0 radical (unpaired) electrons. The molecule has 0 saturated heterocycles. The minimum Gasteiger partial charge on any atom is -0.465 e. The van der Waals surface area contributed by atoms with Gasteiger partial charge >= 0.3 is 5.97 Å². The van der Waals surface area contributed by atoms with E-state index in [2.05, 4.69) is 27.5 Å². The highest BCUT2D eigenvalue weighted by atomic mass is 16.5. The summed E-state index contributed by atoms with van der Waals surface area (Å²) in [5.74, 6) is 0.749. The van der Waals surface area contributed by atoms with Crippen LogP contribution in [0.15, 0.2) is 60.7 Å². The number of carbonyl (C=O) groups is 1. The van der Waals surface area contributed by atoms with Crippen molar-refractivity contribution in [2.24, 2.45) is 0 Å². The Morgan fingerprint density at radius 3 is 2.52 bits per heavy atom. The molecule has 6 heteroatoms. The standard InChI is InChI=1S/C23H26N4O2/c1-3-4-10-15-24-21-16-20(17-11-6-5-7-12-17)26-23(27-21)25-19-14-9-8-13-18(19)22(28)29-2/h5-9,11-14,16H,3-4,10,15H2,1-2H3,(H2,24,25,26,27). The zero-order valence-corrected chi connectivity index (χ0v) is 16.8. The monoisotopic (exact) mass is 390 g/mol. The fraction of sp³-hybridized carbons (Fsp3) is 0.261. The normalized spacial score (nSPS) is 10.4. The lowest BCUT2D eigenvalue weighted by molar-refractivity contribution is 0.0602. The molecule has 0 amide bonds. The zero-order chi connectivity index (χ0) is 20.5. The fourth-order valence-electron chi connectivity index (χ4n) is 2.94. The van der Waals surface area contributed by atoms with E-state index in [4.69, 9.17) is 4.74 Å². The highest BCUT2D eigenvalue weighted by Gasteiger charge is 2.13. The van der Waals surface area contributed by atoms with Crippen molar-refractivity contribution in [2.45, 2.75) is 26.2 Å². The van der Waals surface area contributed by atoms with Crippen LogP contribution in [-0.4, -0.2) is 29.6 Å². The number of methoxy groups -OCH3 is 1. The van der Waals surface area contributed by atoms with Crippen LogP contribution in [0.5, 0.6) is 0 Å². The third-order valence-corrected chi connectivity index (χ3v) is 4.46. The van der Waals surface area contributed by atoms with E-state index in [0.29, 0.717) is 17.2 Å². The van der Waals surface area contributed by atoms with Crippen LogP contribution in [0.2, 0.25) is 0 Å². The third-order valence-electron chi connectivity index (χ3n) is 4.46. The molecule has 0 atom stereocenters. The van der Waals surface area contributed by atoms with Crippen LogP contribution in [0, 0.1) is 0 Å². The van der Waals surface area contributed by atoms with Crippen molar-refractivity contribution in [1.29, 1.82) is 0 Å². The number of benzene rings is 2. The summed E-state index contributed by atoms with van der Waals surface area (Å²) in [5, 5.41) is 6.56. The number of rotatable bonds is 9. The molecule has 0 unspecified atom stereocenters. The van der Waals surface area contributed by atoms with E-state index in [1.165, 1.54) is 13.5 Å². The molecule has 29 heavy (non-hydrogen) atoms. The summed E-state index contributed by atoms with van der Waals surface area (Å²) in [6.07, 6.45) is 3.41. The van der Waals surface area contributed by atoms with Crippen molar-refractivity contribution in [3.63, 3.8) is 0 Å². The third kappa shape index (κ3) is 5.54. The predicted octanol–water partition coefficient (Wildman–Crippen LogP) is 5.28. The molecule has 0 aliphatic heterocycles. The van der Waals surface area contributed by atoms with Crippen LogP contribution in [-0.2, 0) is 4.74 Å². The Bertz CT molecular complexity index is 945. The van der Waals surface area contributed by atoms with Crippen molar-refractivity contribution in [1.82, 2.24) is 9.97 Å². The van der Waals surface area contributed by atoms with Gasteiger partial charge in [-0.1, -0.05) is 62.2 Å². The van der Waals surface area contributed by atoms with Crippen LogP contribution >= 0.6 is 0 Å². The van der Waals surface area contributed by atoms with E-state index in [9.17, 15) is 4.79 Å². The molecule has 1 aromatic heterocycles. The van der Waals surface area contributed by atoms with Crippen molar-refractivity contribution < 1.29 is 9.53 Å². The number of carbonyl (C=O) groups excluding carboxylic acids is 1. The van der Waals surface area contributed by atoms with Gasteiger partial charge in [0.25, 0.3) is 0 Å². The van der Waals surface area contributed by atoms with Gasteiger partial charge in [-0.05, 0) is 18.6 Å². The molecule has 6 nitrogen and oxygen atoms in total. The van der Waals surface area contributed by atoms with E-state index in [-0.39, 0.29) is 0 Å². The van der Waals surface area contributed by atoms with Crippen LogP contribution in [0.3, 0.4) is 0 Å². The molecule has 3 rings (SSSR count). The second-order valence-corrected chi connectivity index (χ2v) is 6.62. The van der Waals surface area contributed by atoms with Gasteiger partial charge < -0.3 is 15.4 Å². The predicted molar refractivity (Wildman–Crippen MR) is 117 cm³/mol. The molecule has 0 aliphatic carbocycles. The van der Waals surface area contributed by atoms with Crippen molar-refractivity contribution in [2.75, 3.05) is 24.3 Å². The van der Waals surface area contributed by atoms with Gasteiger partial charge in [-0.3, -0.25) is 0 Å². The van der Waals surface area contributed by atoms with Crippen LogP contribution in [0.25, 0.3) is 11.3 Å². The maximum absolute atomic E-state index is 12.1. The van der Waals surface area contributed by atoms with Gasteiger partial charge in [0.05, 0.1) is 24.1 Å². The van der Waals surface area contributed by atoms with Gasteiger partial charge in [-0.25, -0.2) is 9.78 Å². The molecular formula is C23H26N4O2. The number of ether oxygens (including phenoxy) is 1. The molecule has 0 bridgehead atoms. The van der Waals surface area contributed by atoms with Crippen molar-refractivity contribution >= 4 is 23.4 Å². The number of esters is 1. The largest absolute Gasteiger partial charge is 0.465 e. The molecule has 3 aromatic rings. The molecule has 1 heterocycles. The first-order chi connectivity index (χ1) is 14.2. The zero-order valence-electron chi connectivity index (χ0n) is 16.8. The number of nitrogens with zero attached hydrogens (tertiary/aromatic N) is 2. The molecule has 150 valence electrons. The Morgan fingerprint density at radius 1 is 1.00 bits per heavy atom. The smallest absolute Gasteiger partial charge is 0.339 e. The van der Waals surface area contributed by atoms with Crippen LogP contribution < -0.4 is 10.6 Å². The molecular weight excluding hydrogens is 364 g/mol. The number of para-hydroxylation sites is 1. The number of aromatic nitrogens is 2. The van der Waals surface area contributed by atoms with Gasteiger partial charge in [0.2, 0.25) is 5.95 Å². The molecule has 0 fully saturated rings. The van der Waals surface area contributed by atoms with Gasteiger partial charge in [-0.2, -0.15) is 4.98 Å². The summed E-state index contributed by atoms with van der Waals surface area (Å²) in [7, 11) is 1.37. The summed E-state index contributed by atoms with van der Waals surface area (Å²) in [4.78, 5) is 21.3.